The number of benzene rings is 1. The van der Waals surface area contributed by atoms with Crippen LogP contribution in [0.15, 0.2) is 35.6 Å². The van der Waals surface area contributed by atoms with Crippen LogP contribution < -0.4 is 5.73 Å². The van der Waals surface area contributed by atoms with Crippen LogP contribution in [0, 0.1) is 11.8 Å². The Kier molecular flexibility index (Phi) is 6.81. The summed E-state index contributed by atoms with van der Waals surface area (Å²) < 4.78 is 0. The number of aryl methyl sites for hydroxylation is 2. The normalized spacial score (nSPS) is 27.2. The lowest BCUT2D eigenvalue weighted by Crippen LogP contribution is -2.65. The molecule has 1 amide bonds. The Morgan fingerprint density at radius 1 is 1.24 bits per heavy atom. The topological polar surface area (TPSA) is 161 Å². The molecule has 1 fully saturated rings. The van der Waals surface area contributed by atoms with E-state index >= 15 is 0 Å². The minimum Gasteiger partial charge on any atom is -0.508 e. The van der Waals surface area contributed by atoms with Crippen molar-refractivity contribution in [2.45, 2.75) is 57.1 Å². The number of aliphatic hydroxyl groups excluding tert-OH is 2. The van der Waals surface area contributed by atoms with Crippen molar-refractivity contribution in [3.8, 4) is 5.75 Å². The largest absolute Gasteiger partial charge is 0.508 e. The Hall–Kier alpha value is -3.43. The lowest BCUT2D eigenvalue weighted by atomic mass is 9.57. The van der Waals surface area contributed by atoms with E-state index in [2.05, 4.69) is 6.58 Å². The van der Waals surface area contributed by atoms with Crippen LogP contribution in [0.4, 0.5) is 0 Å². The van der Waals surface area contributed by atoms with Gasteiger partial charge in [-0.15, -0.1) is 6.58 Å². The minimum atomic E-state index is -2.63. The van der Waals surface area contributed by atoms with E-state index < -0.39 is 58.0 Å². The molecule has 3 aliphatic carbocycles. The highest BCUT2D eigenvalue weighted by Crippen LogP contribution is 2.53. The number of likely N-dealkylation sites (N-methyl/N-ethyl adjacent to an activating group) is 1. The van der Waals surface area contributed by atoms with Gasteiger partial charge in [0.05, 0.1) is 11.6 Å². The molecule has 0 saturated heterocycles. The number of aliphatic hydroxyl groups is 3. The maximum Gasteiger partial charge on any atom is 0.255 e. The first-order chi connectivity index (χ1) is 17.4. The van der Waals surface area contributed by atoms with Crippen LogP contribution in [0.3, 0.4) is 0 Å². The molecule has 4 atom stereocenters. The highest BCUT2D eigenvalue weighted by Gasteiger charge is 2.64. The first-order valence-corrected chi connectivity index (χ1v) is 12.5. The number of carbonyl (C=O) groups is 3. The molecule has 6 N–H and O–H groups in total. The number of aromatic hydroxyl groups is 1. The van der Waals surface area contributed by atoms with Gasteiger partial charge in [0.1, 0.15) is 22.8 Å². The number of Topliss-reactive ketones (excluding diaryl/α,β-unsaturated/α-hetero) is 2. The van der Waals surface area contributed by atoms with Crippen LogP contribution in [0.2, 0.25) is 0 Å². The molecular formula is C28H34N2O7. The van der Waals surface area contributed by atoms with Crippen molar-refractivity contribution in [3.63, 3.8) is 0 Å². The molecule has 1 aromatic carbocycles. The number of primary amides is 1. The summed E-state index contributed by atoms with van der Waals surface area (Å²) in [6, 6.07) is 0.834. The summed E-state index contributed by atoms with van der Waals surface area (Å²) in [6.07, 6.45) is 4.84. The fraction of sp³-hybridized carbons (Fsp3) is 0.464. The van der Waals surface area contributed by atoms with Crippen LogP contribution in [0.25, 0.3) is 5.76 Å². The molecule has 0 spiro atoms. The molecule has 3 aliphatic rings. The predicted octanol–water partition coefficient (Wildman–Crippen LogP) is 2.04. The Balaban J connectivity index is 1.94. The van der Waals surface area contributed by atoms with Crippen molar-refractivity contribution in [3.05, 3.63) is 57.9 Å². The number of nitrogens with zero attached hydrogens (tertiary/aromatic N) is 1. The lowest BCUT2D eigenvalue weighted by molar-refractivity contribution is -0.153. The van der Waals surface area contributed by atoms with Crippen LogP contribution in [0.1, 0.15) is 48.4 Å². The maximum absolute atomic E-state index is 13.9. The molecule has 9 nitrogen and oxygen atoms in total. The molecule has 37 heavy (non-hydrogen) atoms. The number of phenols is 1. The smallest absolute Gasteiger partial charge is 0.255 e. The SMILES string of the molecule is C=CCCCc1cc(CC)c2c(c1O)C(O)=C1C(=O)[C@]3(O)C(O)=C(C(N)=O)C(=O)[C@@H](N(C)C)[C@@H]3C[C@@H]1C2. The summed E-state index contributed by atoms with van der Waals surface area (Å²) >= 11 is 0. The van der Waals surface area contributed by atoms with Gasteiger partial charge in [-0.2, -0.15) is 0 Å². The van der Waals surface area contributed by atoms with Gasteiger partial charge in [0, 0.05) is 11.5 Å². The molecule has 0 radical (unpaired) electrons. The molecule has 0 unspecified atom stereocenters. The molecule has 9 heteroatoms. The number of nitrogens with two attached hydrogens (primary N) is 1. The van der Waals surface area contributed by atoms with E-state index in [0.29, 0.717) is 24.8 Å². The van der Waals surface area contributed by atoms with Crippen LogP contribution >= 0.6 is 0 Å². The zero-order valence-electron chi connectivity index (χ0n) is 21.4. The van der Waals surface area contributed by atoms with Crippen molar-refractivity contribution in [2.24, 2.45) is 17.6 Å². The van der Waals surface area contributed by atoms with E-state index in [4.69, 9.17) is 5.73 Å². The van der Waals surface area contributed by atoms with Gasteiger partial charge in [-0.05, 0) is 75.2 Å². The van der Waals surface area contributed by atoms with Crippen LogP contribution in [-0.2, 0) is 33.6 Å². The van der Waals surface area contributed by atoms with Gasteiger partial charge in [-0.25, -0.2) is 0 Å². The number of hydrogen-bond donors (Lipinski definition) is 5. The van der Waals surface area contributed by atoms with Crippen LogP contribution in [0.5, 0.6) is 5.75 Å². The van der Waals surface area contributed by atoms with E-state index in [0.717, 1.165) is 24.0 Å². The molecule has 0 aromatic heterocycles. The second kappa shape index (κ2) is 9.46. The fourth-order valence-electron chi connectivity index (χ4n) is 6.39. The summed E-state index contributed by atoms with van der Waals surface area (Å²) in [5.41, 5.74) is 4.23. The number of rotatable bonds is 7. The Morgan fingerprint density at radius 3 is 2.49 bits per heavy atom. The average molecular weight is 511 g/mol. The van der Waals surface area contributed by atoms with Crippen molar-refractivity contribution < 1.29 is 34.8 Å². The Morgan fingerprint density at radius 2 is 1.92 bits per heavy atom. The standard InChI is InChI=1S/C28H34N2O7/c1-5-7-8-9-14-10-13(6-2)16-11-15-12-17-21(30(3)4)24(33)20(27(29)36)26(35)28(17,37)25(34)18(15)23(32)19(16)22(14)31/h5,10,15,17,21,31-32,35,37H,1,6-9,11-12H2,2-4H3,(H2,29,36)/t15-,17-,21-,28-/m0/s1. The number of fused-ring (bicyclic) bond motifs is 3. The third-order valence-electron chi connectivity index (χ3n) is 8.13. The second-order valence-corrected chi connectivity index (χ2v) is 10.4. The summed E-state index contributed by atoms with van der Waals surface area (Å²) in [6.45, 7) is 5.69. The van der Waals surface area contributed by atoms with E-state index in [-0.39, 0.29) is 23.3 Å². The number of phenolic OH excluding ortho intramolecular Hbond substituents is 1. The van der Waals surface area contributed by atoms with Crippen molar-refractivity contribution in [1.82, 2.24) is 4.90 Å². The molecule has 1 saturated carbocycles. The molecule has 1 aromatic rings. The van der Waals surface area contributed by atoms with E-state index in [9.17, 15) is 34.8 Å². The molecule has 4 rings (SSSR count). The number of carbonyl (C=O) groups excluding carboxylic acids is 3. The van der Waals surface area contributed by atoms with E-state index in [1.54, 1.807) is 20.2 Å². The Bertz CT molecular complexity index is 1280. The highest BCUT2D eigenvalue weighted by atomic mass is 16.3. The Labute approximate surface area is 215 Å². The van der Waals surface area contributed by atoms with E-state index in [1.165, 1.54) is 4.90 Å². The lowest BCUT2D eigenvalue weighted by Gasteiger charge is -2.50. The third kappa shape index (κ3) is 3.79. The second-order valence-electron chi connectivity index (χ2n) is 10.4. The average Bonchev–Trinajstić information content (AvgIpc) is 2.82. The minimum absolute atomic E-state index is 0.0801. The van der Waals surface area contributed by atoms with Gasteiger partial charge in [0.15, 0.2) is 11.4 Å². The number of amides is 1. The van der Waals surface area contributed by atoms with Gasteiger partial charge in [-0.1, -0.05) is 19.1 Å². The van der Waals surface area contributed by atoms with Crippen molar-refractivity contribution in [2.75, 3.05) is 14.1 Å². The summed E-state index contributed by atoms with van der Waals surface area (Å²) in [5.74, 6) is -6.32. The number of allylic oxidation sites excluding steroid dienone is 1. The molecule has 0 bridgehead atoms. The summed E-state index contributed by atoms with van der Waals surface area (Å²) in [7, 11) is 3.16. The van der Waals surface area contributed by atoms with Gasteiger partial charge < -0.3 is 26.2 Å². The monoisotopic (exact) mass is 510 g/mol. The molecule has 0 aliphatic heterocycles. The zero-order chi connectivity index (χ0) is 27.4. The van der Waals surface area contributed by atoms with Gasteiger partial charge in [-0.3, -0.25) is 19.3 Å². The van der Waals surface area contributed by atoms with Crippen molar-refractivity contribution >= 4 is 23.2 Å². The third-order valence-corrected chi connectivity index (χ3v) is 8.13. The van der Waals surface area contributed by atoms with Crippen LogP contribution in [-0.4, -0.2) is 68.5 Å². The molecular weight excluding hydrogens is 476 g/mol. The summed E-state index contributed by atoms with van der Waals surface area (Å²) in [4.78, 5) is 40.6. The first-order valence-electron chi connectivity index (χ1n) is 12.5. The van der Waals surface area contributed by atoms with Crippen molar-refractivity contribution in [1.29, 1.82) is 0 Å². The van der Waals surface area contributed by atoms with Gasteiger partial charge >= 0.3 is 0 Å². The highest BCUT2D eigenvalue weighted by molar-refractivity contribution is 6.24. The maximum atomic E-state index is 13.9. The van der Waals surface area contributed by atoms with Gasteiger partial charge in [0.2, 0.25) is 5.78 Å². The summed E-state index contributed by atoms with van der Waals surface area (Å²) in [5, 5.41) is 45.2. The number of hydrogen-bond acceptors (Lipinski definition) is 8. The number of unbranched alkanes of at least 4 members (excludes halogenated alkanes) is 1. The predicted molar refractivity (Wildman–Crippen MR) is 137 cm³/mol. The van der Waals surface area contributed by atoms with E-state index in [1.807, 2.05) is 13.0 Å². The first kappa shape index (κ1) is 26.6. The van der Waals surface area contributed by atoms with Gasteiger partial charge in [0.25, 0.3) is 5.91 Å². The molecule has 198 valence electrons. The fourth-order valence-corrected chi connectivity index (χ4v) is 6.39. The molecule has 0 heterocycles. The number of ketones is 2. The zero-order valence-corrected chi connectivity index (χ0v) is 21.4. The quantitative estimate of drug-likeness (QED) is 0.211.